The number of halogens is 1. The minimum Gasteiger partial charge on any atom is -0.426 e. The number of carbonyl (C=O) groups excluding carboxylic acids is 1. The van der Waals surface area contributed by atoms with Crippen molar-refractivity contribution in [2.24, 2.45) is 10.4 Å². The Morgan fingerprint density at radius 1 is 1.47 bits per heavy atom. The Balaban J connectivity index is 3.23. The molecule has 0 aromatic carbocycles. The van der Waals surface area contributed by atoms with E-state index >= 15 is 0 Å². The van der Waals surface area contributed by atoms with Crippen LogP contribution in [0.4, 0.5) is 0 Å². The van der Waals surface area contributed by atoms with Gasteiger partial charge in [0.25, 0.3) is 5.91 Å². The minimum absolute atomic E-state index is 0.252. The molecule has 15 heavy (non-hydrogen) atoms. The van der Waals surface area contributed by atoms with E-state index in [-0.39, 0.29) is 11.4 Å². The summed E-state index contributed by atoms with van der Waals surface area (Å²) in [6.45, 7) is 5.36. The zero-order valence-corrected chi connectivity index (χ0v) is 11.0. The lowest BCUT2D eigenvalue weighted by Gasteiger charge is -2.12. The highest BCUT2D eigenvalue weighted by Crippen LogP contribution is 2.14. The number of aromatic nitrogens is 1. The minimum atomic E-state index is -0.533. The zero-order chi connectivity index (χ0) is 11.6. The average Bonchev–Trinajstić information content (AvgIpc) is 2.11. The van der Waals surface area contributed by atoms with Gasteiger partial charge in [-0.1, -0.05) is 26.8 Å². The first-order valence-corrected chi connectivity index (χ1v) is 5.56. The summed E-state index contributed by atoms with van der Waals surface area (Å²) in [7, 11) is 0. The number of nitrogens with zero attached hydrogens (tertiary/aromatic N) is 2. The molecule has 0 bridgehead atoms. The van der Waals surface area contributed by atoms with Crippen molar-refractivity contribution >= 4 is 28.5 Å². The van der Waals surface area contributed by atoms with Crippen molar-refractivity contribution in [1.29, 1.82) is 0 Å². The second-order valence-electron chi connectivity index (χ2n) is 4.19. The molecule has 1 rings (SSSR count). The number of hydrogen-bond donors (Lipinski definition) is 1. The molecule has 5 heteroatoms. The summed E-state index contributed by atoms with van der Waals surface area (Å²) in [5, 5.41) is 9.58. The first-order valence-electron chi connectivity index (χ1n) is 4.48. The Bertz CT molecular complexity index is 443. The SMILES string of the molecule is CC(C)(C)C(=O)N=c1cccc(I)n1O. The molecule has 0 aliphatic rings. The van der Waals surface area contributed by atoms with Crippen LogP contribution in [0.15, 0.2) is 23.2 Å². The van der Waals surface area contributed by atoms with Crippen LogP contribution in [0, 0.1) is 9.12 Å². The van der Waals surface area contributed by atoms with Gasteiger partial charge in [0.05, 0.1) is 0 Å². The van der Waals surface area contributed by atoms with Gasteiger partial charge >= 0.3 is 0 Å². The van der Waals surface area contributed by atoms with Crippen LogP contribution in [-0.2, 0) is 4.79 Å². The third kappa shape index (κ3) is 3.05. The molecule has 0 radical (unpaired) electrons. The molecule has 0 aliphatic carbocycles. The van der Waals surface area contributed by atoms with Crippen LogP contribution in [0.2, 0.25) is 0 Å². The van der Waals surface area contributed by atoms with E-state index in [9.17, 15) is 10.0 Å². The van der Waals surface area contributed by atoms with Crippen molar-refractivity contribution in [1.82, 2.24) is 4.73 Å². The van der Waals surface area contributed by atoms with E-state index in [4.69, 9.17) is 0 Å². The standard InChI is InChI=1S/C10H13IN2O2/c1-10(2,3)9(14)12-8-6-4-5-7(11)13(8)15/h4-6,15H,1-3H3. The van der Waals surface area contributed by atoms with Crippen LogP contribution in [0.1, 0.15) is 20.8 Å². The van der Waals surface area contributed by atoms with Crippen LogP contribution in [-0.4, -0.2) is 15.8 Å². The van der Waals surface area contributed by atoms with E-state index in [1.807, 2.05) is 22.6 Å². The van der Waals surface area contributed by atoms with E-state index in [0.29, 0.717) is 3.70 Å². The molecule has 0 spiro atoms. The number of rotatable bonds is 0. The number of carbonyl (C=O) groups is 1. The lowest BCUT2D eigenvalue weighted by atomic mass is 9.96. The van der Waals surface area contributed by atoms with Gasteiger partial charge < -0.3 is 5.21 Å². The fourth-order valence-corrected chi connectivity index (χ4v) is 1.28. The summed E-state index contributed by atoms with van der Waals surface area (Å²) in [6, 6.07) is 5.05. The Morgan fingerprint density at radius 3 is 2.60 bits per heavy atom. The first-order chi connectivity index (χ1) is 6.82. The van der Waals surface area contributed by atoms with Crippen molar-refractivity contribution in [3.8, 4) is 0 Å². The maximum absolute atomic E-state index is 11.6. The second kappa shape index (κ2) is 4.34. The molecule has 82 valence electrons. The average molecular weight is 320 g/mol. The Hall–Kier alpha value is -0.850. The van der Waals surface area contributed by atoms with Gasteiger partial charge in [0.15, 0.2) is 5.49 Å². The lowest BCUT2D eigenvalue weighted by Crippen LogP contribution is -2.26. The van der Waals surface area contributed by atoms with Crippen LogP contribution in [0.25, 0.3) is 0 Å². The molecule has 1 heterocycles. The third-order valence-corrected chi connectivity index (χ3v) is 2.57. The van der Waals surface area contributed by atoms with Gasteiger partial charge in [0.2, 0.25) is 0 Å². The molecule has 1 N–H and O–H groups in total. The zero-order valence-electron chi connectivity index (χ0n) is 8.86. The molecule has 0 atom stereocenters. The highest BCUT2D eigenvalue weighted by Gasteiger charge is 2.20. The highest BCUT2D eigenvalue weighted by atomic mass is 127. The molecule has 0 saturated carbocycles. The van der Waals surface area contributed by atoms with E-state index in [0.717, 1.165) is 4.73 Å². The lowest BCUT2D eigenvalue weighted by molar-refractivity contribution is -0.125. The smallest absolute Gasteiger partial charge is 0.253 e. The number of hydrogen-bond acceptors (Lipinski definition) is 2. The molecular formula is C10H13IN2O2. The van der Waals surface area contributed by atoms with Crippen molar-refractivity contribution < 1.29 is 10.0 Å². The van der Waals surface area contributed by atoms with E-state index in [2.05, 4.69) is 4.99 Å². The molecule has 1 aromatic heterocycles. The van der Waals surface area contributed by atoms with E-state index in [1.54, 1.807) is 39.0 Å². The van der Waals surface area contributed by atoms with Crippen molar-refractivity contribution in [3.63, 3.8) is 0 Å². The summed E-state index contributed by atoms with van der Waals surface area (Å²) in [5.74, 6) is -0.257. The van der Waals surface area contributed by atoms with Crippen LogP contribution in [0.3, 0.4) is 0 Å². The molecule has 1 aromatic rings. The fraction of sp³-hybridized carbons (Fsp3) is 0.400. The normalized spacial score (nSPS) is 12.9. The monoisotopic (exact) mass is 320 g/mol. The summed E-state index contributed by atoms with van der Waals surface area (Å²) in [4.78, 5) is 15.5. The predicted octanol–water partition coefficient (Wildman–Crippen LogP) is 1.80. The molecular weight excluding hydrogens is 307 g/mol. The quantitative estimate of drug-likeness (QED) is 0.450. The van der Waals surface area contributed by atoms with Gasteiger partial charge in [-0.3, -0.25) is 4.79 Å². The van der Waals surface area contributed by atoms with Gasteiger partial charge in [-0.15, -0.1) is 0 Å². The summed E-state index contributed by atoms with van der Waals surface area (Å²) >= 11 is 1.96. The Labute approximate surface area is 102 Å². The van der Waals surface area contributed by atoms with Crippen LogP contribution < -0.4 is 5.49 Å². The summed E-state index contributed by atoms with van der Waals surface area (Å²) < 4.78 is 1.50. The van der Waals surface area contributed by atoms with Gasteiger partial charge in [-0.2, -0.15) is 9.72 Å². The summed E-state index contributed by atoms with van der Waals surface area (Å²) in [5.41, 5.74) is -0.282. The van der Waals surface area contributed by atoms with Crippen LogP contribution in [0.5, 0.6) is 0 Å². The molecule has 0 fully saturated rings. The van der Waals surface area contributed by atoms with Gasteiger partial charge in [0, 0.05) is 5.41 Å². The fourth-order valence-electron chi connectivity index (χ4n) is 0.821. The molecule has 1 amide bonds. The molecule has 0 unspecified atom stereocenters. The third-order valence-electron chi connectivity index (χ3n) is 1.76. The highest BCUT2D eigenvalue weighted by molar-refractivity contribution is 14.1. The molecule has 0 saturated heterocycles. The predicted molar refractivity (Wildman–Crippen MR) is 64.4 cm³/mol. The maximum Gasteiger partial charge on any atom is 0.253 e. The largest absolute Gasteiger partial charge is 0.426 e. The van der Waals surface area contributed by atoms with Crippen molar-refractivity contribution in [2.75, 3.05) is 0 Å². The van der Waals surface area contributed by atoms with Gasteiger partial charge in [0.1, 0.15) is 3.70 Å². The molecule has 4 nitrogen and oxygen atoms in total. The van der Waals surface area contributed by atoms with E-state index in [1.165, 1.54) is 0 Å². The van der Waals surface area contributed by atoms with E-state index < -0.39 is 5.41 Å². The Kier molecular flexibility index (Phi) is 3.54. The topological polar surface area (TPSA) is 54.6 Å². The van der Waals surface area contributed by atoms with Gasteiger partial charge in [-0.05, 0) is 34.7 Å². The van der Waals surface area contributed by atoms with Crippen molar-refractivity contribution in [3.05, 3.63) is 27.4 Å². The van der Waals surface area contributed by atoms with Crippen LogP contribution >= 0.6 is 22.6 Å². The Morgan fingerprint density at radius 2 is 2.07 bits per heavy atom. The summed E-state index contributed by atoms with van der Waals surface area (Å²) in [6.07, 6.45) is 0. The van der Waals surface area contributed by atoms with Gasteiger partial charge in [-0.25, -0.2) is 0 Å². The number of amides is 1. The first kappa shape index (κ1) is 12.2. The maximum atomic E-state index is 11.6. The second-order valence-corrected chi connectivity index (χ2v) is 5.29. The number of pyridine rings is 1. The molecule has 0 aliphatic heterocycles. The van der Waals surface area contributed by atoms with Crippen molar-refractivity contribution in [2.45, 2.75) is 20.8 Å².